The monoisotopic (exact) mass is 679 g/mol. The molecule has 0 spiro atoms. The van der Waals surface area contributed by atoms with Crippen molar-refractivity contribution in [2.24, 2.45) is 64.9 Å². The third-order valence-electron chi connectivity index (χ3n) is 14.5. The number of methoxy groups -OCH3 is 1. The zero-order chi connectivity index (χ0) is 34.2. The molecule has 0 aromatic carbocycles. The molecule has 4 saturated carbocycles. The molecule has 0 amide bonds. The van der Waals surface area contributed by atoms with Crippen LogP contribution in [0.1, 0.15) is 154 Å². The Morgan fingerprint density at radius 1 is 0.776 bits per heavy atom. The Bertz CT molecular complexity index is 1120. The second kappa shape index (κ2) is 18.5. The molecule has 11 unspecified atom stereocenters. The van der Waals surface area contributed by atoms with Crippen LogP contribution in [0.25, 0.3) is 0 Å². The lowest BCUT2D eigenvalue weighted by molar-refractivity contribution is -0.130. The number of Topliss-reactive ketones (excluding diaryl/α,β-unsaturated/α-hetero) is 2. The predicted molar refractivity (Wildman–Crippen MR) is 196 cm³/mol. The zero-order valence-corrected chi connectivity index (χ0v) is 30.9. The topological polar surface area (TPSA) is 102 Å². The molecule has 0 aromatic rings. The first-order valence-corrected chi connectivity index (χ1v) is 21.1. The number of hydrogen-bond donors (Lipinski definition) is 3. The molecule has 0 radical (unpaired) electrons. The standard InChI is InChI=1S/C43H70N2O4/c1-49-42-26-35-15-17-36(46)27-40(47)39-24-30(12-8-11-29-9-4-2-5-10-29)21-32(22-31-19-20-45-43(44)25-31)23-34(39)16-18-37(38(35)28-41(42)48)33-13-6-3-7-14-33/h29-35,37-39,41-43,45,48H,2-15,17,19-28,44H2,1H3. The summed E-state index contributed by atoms with van der Waals surface area (Å²) in [5.74, 6) is 12.0. The molecule has 11 atom stereocenters. The quantitative estimate of drug-likeness (QED) is 0.178. The van der Waals surface area contributed by atoms with Gasteiger partial charge in [0.2, 0.25) is 0 Å². The van der Waals surface area contributed by atoms with Crippen LogP contribution in [0.5, 0.6) is 0 Å². The average Bonchev–Trinajstić information content (AvgIpc) is 3.27. The van der Waals surface area contributed by atoms with Gasteiger partial charge in [-0.2, -0.15) is 0 Å². The van der Waals surface area contributed by atoms with Crippen molar-refractivity contribution < 1.29 is 19.4 Å². The number of fused-ring (bicyclic) bond motifs is 2. The van der Waals surface area contributed by atoms with Crippen LogP contribution in [0.2, 0.25) is 0 Å². The average molecular weight is 679 g/mol. The number of carbonyl (C=O) groups is 2. The molecular weight excluding hydrogens is 608 g/mol. The molecule has 4 N–H and O–H groups in total. The molecule has 5 aliphatic carbocycles. The van der Waals surface area contributed by atoms with E-state index >= 15 is 0 Å². The van der Waals surface area contributed by atoms with Crippen LogP contribution >= 0.6 is 0 Å². The highest BCUT2D eigenvalue weighted by atomic mass is 16.5. The Balaban J connectivity index is 1.29. The van der Waals surface area contributed by atoms with Crippen LogP contribution in [0.3, 0.4) is 0 Å². The fourth-order valence-electron chi connectivity index (χ4n) is 11.9. The molecule has 0 aromatic heterocycles. The summed E-state index contributed by atoms with van der Waals surface area (Å²) in [6.45, 7) is 0.997. The van der Waals surface area contributed by atoms with E-state index in [4.69, 9.17) is 10.5 Å². The van der Waals surface area contributed by atoms with Gasteiger partial charge in [-0.25, -0.2) is 0 Å². The highest BCUT2D eigenvalue weighted by Crippen LogP contribution is 2.47. The van der Waals surface area contributed by atoms with Crippen molar-refractivity contribution in [3.05, 3.63) is 0 Å². The van der Waals surface area contributed by atoms with Crippen molar-refractivity contribution in [1.29, 1.82) is 0 Å². The Morgan fingerprint density at radius 2 is 1.53 bits per heavy atom. The maximum Gasteiger partial charge on any atom is 0.144 e. The number of piperidine rings is 1. The summed E-state index contributed by atoms with van der Waals surface area (Å²) in [4.78, 5) is 27.8. The number of carbonyl (C=O) groups excluding carboxylic acids is 2. The van der Waals surface area contributed by atoms with E-state index in [0.29, 0.717) is 42.4 Å². The highest BCUT2D eigenvalue weighted by Gasteiger charge is 2.44. The van der Waals surface area contributed by atoms with Gasteiger partial charge < -0.3 is 20.9 Å². The largest absolute Gasteiger partial charge is 0.390 e. The van der Waals surface area contributed by atoms with Gasteiger partial charge >= 0.3 is 0 Å². The van der Waals surface area contributed by atoms with Gasteiger partial charge in [-0.1, -0.05) is 82.5 Å². The first-order chi connectivity index (χ1) is 23.9. The van der Waals surface area contributed by atoms with Crippen LogP contribution in [0.4, 0.5) is 0 Å². The highest BCUT2D eigenvalue weighted by molar-refractivity contribution is 6.00. The van der Waals surface area contributed by atoms with Crippen LogP contribution in [0.15, 0.2) is 0 Å². The van der Waals surface area contributed by atoms with Crippen LogP contribution < -0.4 is 11.1 Å². The number of ether oxygens (including phenoxy) is 1. The molecule has 49 heavy (non-hydrogen) atoms. The maximum atomic E-state index is 14.3. The third-order valence-corrected chi connectivity index (χ3v) is 14.5. The summed E-state index contributed by atoms with van der Waals surface area (Å²) < 4.78 is 5.75. The second-order valence-electron chi connectivity index (χ2n) is 17.9. The van der Waals surface area contributed by atoms with Gasteiger partial charge in [0.15, 0.2) is 0 Å². The van der Waals surface area contributed by atoms with E-state index in [-0.39, 0.29) is 53.9 Å². The van der Waals surface area contributed by atoms with Crippen molar-refractivity contribution >= 4 is 11.6 Å². The van der Waals surface area contributed by atoms with Gasteiger partial charge in [0.25, 0.3) is 0 Å². The molecular formula is C43H70N2O4. The van der Waals surface area contributed by atoms with E-state index in [1.165, 1.54) is 103 Å². The van der Waals surface area contributed by atoms with Gasteiger partial charge in [-0.05, 0) is 119 Å². The molecule has 6 rings (SSSR count). The van der Waals surface area contributed by atoms with Crippen molar-refractivity contribution in [1.82, 2.24) is 5.32 Å². The fourth-order valence-corrected chi connectivity index (χ4v) is 11.9. The van der Waals surface area contributed by atoms with E-state index < -0.39 is 6.10 Å². The number of ketones is 2. The maximum absolute atomic E-state index is 14.3. The summed E-state index contributed by atoms with van der Waals surface area (Å²) in [6.07, 6.45) is 25.8. The van der Waals surface area contributed by atoms with E-state index in [1.54, 1.807) is 7.11 Å². The summed E-state index contributed by atoms with van der Waals surface area (Å²) in [7, 11) is 1.70. The first-order valence-electron chi connectivity index (χ1n) is 21.1. The molecule has 6 nitrogen and oxygen atoms in total. The normalized spacial score (nSPS) is 40.5. The Hall–Kier alpha value is -1.26. The summed E-state index contributed by atoms with van der Waals surface area (Å²) in [5, 5.41) is 14.7. The number of aliphatic hydroxyl groups is 1. The molecule has 5 fully saturated rings. The Kier molecular flexibility index (Phi) is 14.1. The lowest BCUT2D eigenvalue weighted by atomic mass is 9.63. The smallest absolute Gasteiger partial charge is 0.144 e. The molecule has 1 saturated heterocycles. The van der Waals surface area contributed by atoms with Crippen molar-refractivity contribution in [2.45, 2.75) is 172 Å². The Morgan fingerprint density at radius 3 is 2.29 bits per heavy atom. The number of aliphatic hydroxyl groups excluding tert-OH is 1. The van der Waals surface area contributed by atoms with Crippen LogP contribution in [-0.2, 0) is 14.3 Å². The number of rotatable bonds is 8. The fraction of sp³-hybridized carbons (Fsp3) is 0.907. The molecule has 6 heteroatoms. The number of nitrogens with two attached hydrogens (primary N) is 1. The second-order valence-corrected chi connectivity index (χ2v) is 17.9. The minimum Gasteiger partial charge on any atom is -0.390 e. The third kappa shape index (κ3) is 10.4. The van der Waals surface area contributed by atoms with E-state index in [1.807, 2.05) is 0 Å². The lowest BCUT2D eigenvalue weighted by Gasteiger charge is -2.44. The summed E-state index contributed by atoms with van der Waals surface area (Å²) in [6, 6.07) is 0. The molecule has 6 aliphatic rings. The first kappa shape index (κ1) is 37.5. The molecule has 1 aliphatic heterocycles. The van der Waals surface area contributed by atoms with E-state index in [9.17, 15) is 14.7 Å². The predicted octanol–water partition coefficient (Wildman–Crippen LogP) is 7.98. The molecule has 1 heterocycles. The SMILES string of the molecule is COC1CC2CCC(=O)CC(=O)C3CC(CCCC4CCCCC4)CC(CC4CCNC(N)C4)CC3C#CC(C3CCCCC3)C2CC1O. The van der Waals surface area contributed by atoms with Gasteiger partial charge in [0, 0.05) is 31.3 Å². The van der Waals surface area contributed by atoms with Gasteiger partial charge in [0.1, 0.15) is 11.6 Å². The number of hydrogen-bond acceptors (Lipinski definition) is 6. The van der Waals surface area contributed by atoms with Crippen LogP contribution in [0, 0.1) is 71.0 Å². The molecule has 0 bridgehead atoms. The van der Waals surface area contributed by atoms with Gasteiger partial charge in [-0.3, -0.25) is 9.59 Å². The zero-order valence-electron chi connectivity index (χ0n) is 30.9. The minimum absolute atomic E-state index is 0.0215. The van der Waals surface area contributed by atoms with Crippen molar-refractivity contribution in [3.8, 4) is 11.8 Å². The van der Waals surface area contributed by atoms with Gasteiger partial charge in [-0.15, -0.1) is 0 Å². The number of nitrogens with one attached hydrogen (secondary N) is 1. The van der Waals surface area contributed by atoms with E-state index in [2.05, 4.69) is 17.2 Å². The Labute approximate surface area is 298 Å². The summed E-state index contributed by atoms with van der Waals surface area (Å²) in [5.41, 5.74) is 6.39. The summed E-state index contributed by atoms with van der Waals surface area (Å²) >= 11 is 0. The lowest BCUT2D eigenvalue weighted by Crippen LogP contribution is -2.44. The van der Waals surface area contributed by atoms with E-state index in [0.717, 1.165) is 44.6 Å². The van der Waals surface area contributed by atoms with Crippen molar-refractivity contribution in [2.75, 3.05) is 13.7 Å². The van der Waals surface area contributed by atoms with Crippen LogP contribution in [-0.4, -0.2) is 48.7 Å². The minimum atomic E-state index is -0.481. The van der Waals surface area contributed by atoms with Crippen molar-refractivity contribution in [3.63, 3.8) is 0 Å². The van der Waals surface area contributed by atoms with Gasteiger partial charge in [0.05, 0.1) is 24.8 Å². The molecule has 276 valence electrons.